The number of hydrogen-bond donors (Lipinski definition) is 0. The maximum Gasteiger partial charge on any atom is 0.410 e. The molecule has 0 spiro atoms. The molecule has 3 rings (SSSR count). The Morgan fingerprint density at radius 2 is 2.07 bits per heavy atom. The molecule has 0 atom stereocenters. The Morgan fingerprint density at radius 1 is 1.31 bits per heavy atom. The zero-order valence-electron chi connectivity index (χ0n) is 16.7. The lowest BCUT2D eigenvalue weighted by Crippen LogP contribution is -2.33. The molecule has 9 heteroatoms. The van der Waals surface area contributed by atoms with Gasteiger partial charge < -0.3 is 9.64 Å². The van der Waals surface area contributed by atoms with Crippen LogP contribution in [-0.2, 0) is 21.3 Å². The van der Waals surface area contributed by atoms with Gasteiger partial charge in [0.05, 0.1) is 12.2 Å². The highest BCUT2D eigenvalue weighted by atomic mass is 32.2. The molecule has 0 unspecified atom stereocenters. The molecule has 3 heterocycles. The summed E-state index contributed by atoms with van der Waals surface area (Å²) in [6.45, 7) is 5.60. The Morgan fingerprint density at radius 3 is 2.66 bits per heavy atom. The largest absolute Gasteiger partial charge is 0.444 e. The monoisotopic (exact) mass is 433 g/mol. The summed E-state index contributed by atoms with van der Waals surface area (Å²) >= 11 is 1.48. The van der Waals surface area contributed by atoms with Crippen molar-refractivity contribution in [3.8, 4) is 11.3 Å². The minimum atomic E-state index is -3.84. The Labute approximate surface area is 174 Å². The summed E-state index contributed by atoms with van der Waals surface area (Å²) in [6.07, 6.45) is 3.91. The van der Waals surface area contributed by atoms with Crippen LogP contribution in [0.2, 0.25) is 0 Å². The van der Waals surface area contributed by atoms with Crippen LogP contribution < -0.4 is 0 Å². The van der Waals surface area contributed by atoms with Gasteiger partial charge in [-0.2, -0.15) is 11.3 Å². The van der Waals surface area contributed by atoms with E-state index < -0.39 is 21.7 Å². The van der Waals surface area contributed by atoms with Crippen LogP contribution in [0, 0.1) is 0 Å². The van der Waals surface area contributed by atoms with E-state index in [1.807, 2.05) is 16.8 Å². The first-order valence-electron chi connectivity index (χ1n) is 8.91. The van der Waals surface area contributed by atoms with E-state index in [0.29, 0.717) is 11.3 Å². The molecular weight excluding hydrogens is 410 g/mol. The second-order valence-electron chi connectivity index (χ2n) is 7.57. The summed E-state index contributed by atoms with van der Waals surface area (Å²) in [6, 6.07) is 6.72. The number of carbonyl (C=O) groups excluding carboxylic acids is 1. The van der Waals surface area contributed by atoms with Gasteiger partial charge in [-0.25, -0.2) is 17.2 Å². The first-order chi connectivity index (χ1) is 13.6. The molecule has 0 saturated heterocycles. The Bertz CT molecular complexity index is 1080. The minimum Gasteiger partial charge on any atom is -0.444 e. The summed E-state index contributed by atoms with van der Waals surface area (Å²) < 4.78 is 33.0. The first kappa shape index (κ1) is 21.1. The van der Waals surface area contributed by atoms with Crippen molar-refractivity contribution in [3.05, 3.63) is 59.2 Å². The second kappa shape index (κ2) is 8.00. The van der Waals surface area contributed by atoms with Crippen molar-refractivity contribution in [1.29, 1.82) is 0 Å². The van der Waals surface area contributed by atoms with Gasteiger partial charge in [-0.3, -0.25) is 4.98 Å². The zero-order valence-corrected chi connectivity index (χ0v) is 18.3. The number of pyridine rings is 1. The Balaban J connectivity index is 1.98. The van der Waals surface area contributed by atoms with Gasteiger partial charge >= 0.3 is 6.09 Å². The zero-order chi connectivity index (χ0) is 21.2. The van der Waals surface area contributed by atoms with Crippen molar-refractivity contribution < 1.29 is 17.9 Å². The summed E-state index contributed by atoms with van der Waals surface area (Å²) in [7, 11) is -2.22. The molecule has 0 aliphatic carbocycles. The van der Waals surface area contributed by atoms with Crippen molar-refractivity contribution in [2.75, 3.05) is 7.05 Å². The van der Waals surface area contributed by atoms with Gasteiger partial charge in [0.25, 0.3) is 10.0 Å². The average Bonchev–Trinajstić information content (AvgIpc) is 3.30. The lowest BCUT2D eigenvalue weighted by molar-refractivity contribution is 0.0285. The standard InChI is InChI=1S/C20H23N3O4S2/c1-20(2,3)27-19(24)22(4)12-15-10-18(16-7-9-28-14-16)23(13-15)29(25,26)17-6-5-8-21-11-17/h5-11,13-14H,12H2,1-4H3. The molecule has 29 heavy (non-hydrogen) atoms. The van der Waals surface area contributed by atoms with E-state index in [2.05, 4.69) is 4.98 Å². The molecule has 0 aromatic carbocycles. The smallest absolute Gasteiger partial charge is 0.410 e. The molecule has 0 aliphatic heterocycles. The van der Waals surface area contributed by atoms with E-state index >= 15 is 0 Å². The quantitative estimate of drug-likeness (QED) is 0.602. The molecule has 0 radical (unpaired) electrons. The number of hydrogen-bond acceptors (Lipinski definition) is 6. The van der Waals surface area contributed by atoms with Crippen LogP contribution in [-0.4, -0.2) is 41.0 Å². The van der Waals surface area contributed by atoms with Gasteiger partial charge in [0, 0.05) is 36.6 Å². The van der Waals surface area contributed by atoms with Gasteiger partial charge in [-0.05, 0) is 56.0 Å². The van der Waals surface area contributed by atoms with Gasteiger partial charge in [-0.1, -0.05) is 0 Å². The van der Waals surface area contributed by atoms with Crippen molar-refractivity contribution in [2.24, 2.45) is 0 Å². The number of rotatable bonds is 5. The molecule has 0 N–H and O–H groups in total. The fraction of sp³-hybridized carbons (Fsp3) is 0.300. The van der Waals surface area contributed by atoms with Crippen molar-refractivity contribution in [1.82, 2.24) is 13.9 Å². The molecule has 7 nitrogen and oxygen atoms in total. The number of carbonyl (C=O) groups is 1. The van der Waals surface area contributed by atoms with E-state index in [0.717, 1.165) is 5.56 Å². The topological polar surface area (TPSA) is 81.5 Å². The molecule has 0 fully saturated rings. The van der Waals surface area contributed by atoms with Crippen LogP contribution in [0.5, 0.6) is 0 Å². The van der Waals surface area contributed by atoms with E-state index in [-0.39, 0.29) is 11.4 Å². The summed E-state index contributed by atoms with van der Waals surface area (Å²) in [5.74, 6) is 0. The van der Waals surface area contributed by atoms with E-state index in [1.165, 1.54) is 44.9 Å². The van der Waals surface area contributed by atoms with Gasteiger partial charge in [0.2, 0.25) is 0 Å². The highest BCUT2D eigenvalue weighted by molar-refractivity contribution is 7.90. The van der Waals surface area contributed by atoms with Gasteiger partial charge in [0.1, 0.15) is 10.5 Å². The number of aromatic nitrogens is 2. The maximum atomic E-state index is 13.2. The average molecular weight is 434 g/mol. The number of nitrogens with zero attached hydrogens (tertiary/aromatic N) is 3. The van der Waals surface area contributed by atoms with Gasteiger partial charge in [0.15, 0.2) is 0 Å². The third kappa shape index (κ3) is 4.86. The number of ether oxygens (including phenoxy) is 1. The SMILES string of the molecule is CN(Cc1cc(-c2ccsc2)n(S(=O)(=O)c2cccnc2)c1)C(=O)OC(C)(C)C. The fourth-order valence-corrected chi connectivity index (χ4v) is 4.71. The number of amides is 1. The minimum absolute atomic E-state index is 0.0964. The lowest BCUT2D eigenvalue weighted by atomic mass is 10.2. The highest BCUT2D eigenvalue weighted by Gasteiger charge is 2.24. The van der Waals surface area contributed by atoms with Crippen molar-refractivity contribution >= 4 is 27.5 Å². The van der Waals surface area contributed by atoms with Crippen LogP contribution >= 0.6 is 11.3 Å². The molecule has 3 aromatic heterocycles. The van der Waals surface area contributed by atoms with Crippen LogP contribution in [0.15, 0.2) is 58.5 Å². The summed E-state index contributed by atoms with van der Waals surface area (Å²) in [5.41, 5.74) is 1.38. The molecule has 0 aliphatic rings. The van der Waals surface area contributed by atoms with Crippen LogP contribution in [0.1, 0.15) is 26.3 Å². The number of thiophene rings is 1. The van der Waals surface area contributed by atoms with E-state index in [4.69, 9.17) is 4.74 Å². The predicted molar refractivity (Wildman–Crippen MR) is 112 cm³/mol. The fourth-order valence-electron chi connectivity index (χ4n) is 2.69. The lowest BCUT2D eigenvalue weighted by Gasteiger charge is -2.24. The predicted octanol–water partition coefficient (Wildman–Crippen LogP) is 4.22. The van der Waals surface area contributed by atoms with E-state index in [9.17, 15) is 13.2 Å². The summed E-state index contributed by atoms with van der Waals surface area (Å²) in [4.78, 5) is 17.7. The van der Waals surface area contributed by atoms with E-state index in [1.54, 1.807) is 40.0 Å². The van der Waals surface area contributed by atoms with Crippen LogP contribution in [0.4, 0.5) is 4.79 Å². The molecule has 154 valence electrons. The highest BCUT2D eigenvalue weighted by Crippen LogP contribution is 2.29. The van der Waals surface area contributed by atoms with Crippen LogP contribution in [0.3, 0.4) is 0 Å². The third-order valence-electron chi connectivity index (χ3n) is 3.98. The first-order valence-corrected chi connectivity index (χ1v) is 11.3. The van der Waals surface area contributed by atoms with Crippen molar-refractivity contribution in [3.63, 3.8) is 0 Å². The Kier molecular flexibility index (Phi) is 5.81. The van der Waals surface area contributed by atoms with Gasteiger partial charge in [-0.15, -0.1) is 0 Å². The van der Waals surface area contributed by atoms with Crippen LogP contribution in [0.25, 0.3) is 11.3 Å². The Hall–Kier alpha value is -2.65. The molecule has 3 aromatic rings. The molecule has 0 bridgehead atoms. The normalized spacial score (nSPS) is 12.0. The second-order valence-corrected chi connectivity index (χ2v) is 10.2. The molecule has 1 amide bonds. The molecular formula is C20H23N3O4S2. The molecule has 0 saturated carbocycles. The maximum absolute atomic E-state index is 13.2. The summed E-state index contributed by atoms with van der Waals surface area (Å²) in [5, 5.41) is 3.77. The third-order valence-corrected chi connectivity index (χ3v) is 6.32. The van der Waals surface area contributed by atoms with Crippen molar-refractivity contribution in [2.45, 2.75) is 37.8 Å².